The monoisotopic (exact) mass is 277 g/mol. The van der Waals surface area contributed by atoms with E-state index in [1.807, 2.05) is 19.2 Å². The first-order chi connectivity index (χ1) is 9.24. The average molecular weight is 277 g/mol. The Kier molecular flexibility index (Phi) is 4.87. The van der Waals surface area contributed by atoms with E-state index in [2.05, 4.69) is 33.7 Å². The molecule has 0 bridgehead atoms. The zero-order valence-electron chi connectivity index (χ0n) is 11.5. The Balaban J connectivity index is 2.07. The molecule has 0 aliphatic carbocycles. The number of aryl methyl sites for hydroxylation is 2. The van der Waals surface area contributed by atoms with E-state index in [4.69, 9.17) is 4.74 Å². The van der Waals surface area contributed by atoms with Gasteiger partial charge < -0.3 is 10.1 Å². The lowest BCUT2D eigenvalue weighted by Crippen LogP contribution is -2.15. The summed E-state index contributed by atoms with van der Waals surface area (Å²) in [7, 11) is 1.73. The van der Waals surface area contributed by atoms with Crippen LogP contribution >= 0.6 is 11.3 Å². The molecule has 0 amide bonds. The van der Waals surface area contributed by atoms with E-state index in [1.165, 1.54) is 4.88 Å². The van der Waals surface area contributed by atoms with E-state index in [1.54, 1.807) is 18.4 Å². The molecule has 0 aromatic carbocycles. The van der Waals surface area contributed by atoms with Gasteiger partial charge in [-0.05, 0) is 24.8 Å². The Hall–Kier alpha value is -1.46. The normalized spacial score (nSPS) is 12.4. The minimum atomic E-state index is 0.0555. The van der Waals surface area contributed by atoms with Crippen LogP contribution in [0.1, 0.15) is 29.3 Å². The molecule has 2 aromatic rings. The molecule has 0 fully saturated rings. The highest BCUT2D eigenvalue weighted by atomic mass is 32.1. The summed E-state index contributed by atoms with van der Waals surface area (Å²) in [5.41, 5.74) is 1.13. The number of aromatic nitrogens is 2. The van der Waals surface area contributed by atoms with E-state index in [0.29, 0.717) is 6.54 Å². The molecule has 0 radical (unpaired) electrons. The summed E-state index contributed by atoms with van der Waals surface area (Å²) in [6.45, 7) is 4.71. The third-order valence-electron chi connectivity index (χ3n) is 2.97. The predicted molar refractivity (Wildman–Crippen MR) is 78.7 cm³/mol. The lowest BCUT2D eigenvalue weighted by Gasteiger charge is -2.16. The first kappa shape index (κ1) is 14.0. The molecule has 5 heteroatoms. The van der Waals surface area contributed by atoms with Crippen molar-refractivity contribution in [2.75, 3.05) is 19.0 Å². The summed E-state index contributed by atoms with van der Waals surface area (Å²) in [5.74, 6) is 1.69. The number of hydrogen-bond donors (Lipinski definition) is 1. The SMILES string of the molecule is CCc1cnc(C)nc1NCC(OC)c1cccs1. The van der Waals surface area contributed by atoms with Gasteiger partial charge in [0.15, 0.2) is 0 Å². The third kappa shape index (κ3) is 3.52. The van der Waals surface area contributed by atoms with E-state index in [9.17, 15) is 0 Å². The highest BCUT2D eigenvalue weighted by Crippen LogP contribution is 2.23. The van der Waals surface area contributed by atoms with Gasteiger partial charge in [0, 0.05) is 30.3 Å². The van der Waals surface area contributed by atoms with Crippen molar-refractivity contribution in [1.82, 2.24) is 9.97 Å². The van der Waals surface area contributed by atoms with Crippen molar-refractivity contribution in [1.29, 1.82) is 0 Å². The smallest absolute Gasteiger partial charge is 0.132 e. The van der Waals surface area contributed by atoms with Crippen LogP contribution in [0.4, 0.5) is 5.82 Å². The van der Waals surface area contributed by atoms with Crippen molar-refractivity contribution in [2.45, 2.75) is 26.4 Å². The second-order valence-corrected chi connectivity index (χ2v) is 5.24. The molecule has 1 unspecified atom stereocenters. The molecule has 1 N–H and O–H groups in total. The summed E-state index contributed by atoms with van der Waals surface area (Å²) in [6.07, 6.45) is 2.86. The van der Waals surface area contributed by atoms with Crippen molar-refractivity contribution in [3.05, 3.63) is 40.0 Å². The van der Waals surface area contributed by atoms with E-state index >= 15 is 0 Å². The highest BCUT2D eigenvalue weighted by Gasteiger charge is 2.12. The molecular weight excluding hydrogens is 258 g/mol. The maximum absolute atomic E-state index is 5.52. The summed E-state index contributed by atoms with van der Waals surface area (Å²) >= 11 is 1.71. The minimum absolute atomic E-state index is 0.0555. The molecule has 0 aliphatic heterocycles. The van der Waals surface area contributed by atoms with Gasteiger partial charge in [0.2, 0.25) is 0 Å². The maximum Gasteiger partial charge on any atom is 0.132 e. The van der Waals surface area contributed by atoms with E-state index in [-0.39, 0.29) is 6.10 Å². The first-order valence-corrected chi connectivity index (χ1v) is 7.25. The number of nitrogens with zero attached hydrogens (tertiary/aromatic N) is 2. The molecule has 102 valence electrons. The van der Waals surface area contributed by atoms with Crippen LogP contribution in [0.2, 0.25) is 0 Å². The fourth-order valence-electron chi connectivity index (χ4n) is 1.87. The van der Waals surface area contributed by atoms with Crippen LogP contribution in [0.15, 0.2) is 23.7 Å². The molecule has 0 aliphatic rings. The van der Waals surface area contributed by atoms with Gasteiger partial charge in [0.25, 0.3) is 0 Å². The summed E-state index contributed by atoms with van der Waals surface area (Å²) < 4.78 is 5.52. The van der Waals surface area contributed by atoms with Gasteiger partial charge in [0.1, 0.15) is 17.7 Å². The summed E-state index contributed by atoms with van der Waals surface area (Å²) in [6, 6.07) is 4.13. The standard InChI is InChI=1S/C14H19N3OS/c1-4-11-8-15-10(2)17-14(11)16-9-12(18-3)13-6-5-7-19-13/h5-8,12H,4,9H2,1-3H3,(H,15,16,17). The predicted octanol–water partition coefficient (Wildman–Crippen LogP) is 3.21. The van der Waals surface area contributed by atoms with E-state index < -0.39 is 0 Å². The molecule has 0 spiro atoms. The van der Waals surface area contributed by atoms with Crippen molar-refractivity contribution in [3.63, 3.8) is 0 Å². The van der Waals surface area contributed by atoms with Crippen LogP contribution in [0.25, 0.3) is 0 Å². The highest BCUT2D eigenvalue weighted by molar-refractivity contribution is 7.10. The third-order valence-corrected chi connectivity index (χ3v) is 3.93. The number of nitrogens with one attached hydrogen (secondary N) is 1. The second kappa shape index (κ2) is 6.63. The van der Waals surface area contributed by atoms with Gasteiger partial charge in [-0.2, -0.15) is 0 Å². The molecule has 19 heavy (non-hydrogen) atoms. The topological polar surface area (TPSA) is 47.0 Å². The van der Waals surface area contributed by atoms with Crippen LogP contribution in [-0.4, -0.2) is 23.6 Å². The maximum atomic E-state index is 5.52. The number of ether oxygens (including phenoxy) is 1. The quantitative estimate of drug-likeness (QED) is 0.880. The molecule has 2 rings (SSSR count). The van der Waals surface area contributed by atoms with Gasteiger partial charge >= 0.3 is 0 Å². The van der Waals surface area contributed by atoms with Gasteiger partial charge in [-0.15, -0.1) is 11.3 Å². The van der Waals surface area contributed by atoms with Crippen molar-refractivity contribution >= 4 is 17.2 Å². The Bertz CT molecular complexity index is 513. The summed E-state index contributed by atoms with van der Waals surface area (Å²) in [4.78, 5) is 9.91. The van der Waals surface area contributed by atoms with Gasteiger partial charge in [-0.25, -0.2) is 9.97 Å². The molecule has 4 nitrogen and oxygen atoms in total. The fourth-order valence-corrected chi connectivity index (χ4v) is 2.67. The number of methoxy groups -OCH3 is 1. The van der Waals surface area contributed by atoms with Crippen LogP contribution < -0.4 is 5.32 Å². The molecule has 2 aromatic heterocycles. The number of hydrogen-bond acceptors (Lipinski definition) is 5. The summed E-state index contributed by atoms with van der Waals surface area (Å²) in [5, 5.41) is 5.44. The van der Waals surface area contributed by atoms with Crippen LogP contribution in [0.3, 0.4) is 0 Å². The molecular formula is C14H19N3OS. The first-order valence-electron chi connectivity index (χ1n) is 6.37. The van der Waals surface area contributed by atoms with Gasteiger partial charge in [0.05, 0.1) is 0 Å². The Morgan fingerprint density at radius 2 is 2.32 bits per heavy atom. The minimum Gasteiger partial charge on any atom is -0.374 e. The largest absolute Gasteiger partial charge is 0.374 e. The number of thiophene rings is 1. The van der Waals surface area contributed by atoms with Crippen LogP contribution in [0.5, 0.6) is 0 Å². The number of rotatable bonds is 6. The van der Waals surface area contributed by atoms with Crippen LogP contribution in [0, 0.1) is 6.92 Å². The Labute approximate surface area is 117 Å². The zero-order chi connectivity index (χ0) is 13.7. The average Bonchev–Trinajstić information content (AvgIpc) is 2.94. The molecule has 1 atom stereocenters. The fraction of sp³-hybridized carbons (Fsp3) is 0.429. The van der Waals surface area contributed by atoms with Crippen molar-refractivity contribution in [2.24, 2.45) is 0 Å². The molecule has 2 heterocycles. The van der Waals surface area contributed by atoms with Gasteiger partial charge in [-0.3, -0.25) is 0 Å². The van der Waals surface area contributed by atoms with E-state index in [0.717, 1.165) is 23.6 Å². The van der Waals surface area contributed by atoms with Gasteiger partial charge in [-0.1, -0.05) is 13.0 Å². The molecule has 0 saturated carbocycles. The van der Waals surface area contributed by atoms with Crippen molar-refractivity contribution in [3.8, 4) is 0 Å². The molecule has 0 saturated heterocycles. The van der Waals surface area contributed by atoms with Crippen LogP contribution in [-0.2, 0) is 11.2 Å². The number of anilines is 1. The second-order valence-electron chi connectivity index (χ2n) is 4.27. The zero-order valence-corrected chi connectivity index (χ0v) is 12.3. The Morgan fingerprint density at radius 3 is 2.95 bits per heavy atom. The lowest BCUT2D eigenvalue weighted by atomic mass is 10.2. The lowest BCUT2D eigenvalue weighted by molar-refractivity contribution is 0.117. The van der Waals surface area contributed by atoms with Crippen molar-refractivity contribution < 1.29 is 4.74 Å². The Morgan fingerprint density at radius 1 is 1.47 bits per heavy atom.